The van der Waals surface area contributed by atoms with Crippen molar-refractivity contribution < 1.29 is 14.3 Å². The molecule has 2 unspecified atom stereocenters. The van der Waals surface area contributed by atoms with Gasteiger partial charge in [-0.25, -0.2) is 4.79 Å². The van der Waals surface area contributed by atoms with Gasteiger partial charge >= 0.3 is 5.97 Å². The zero-order valence-electron chi connectivity index (χ0n) is 10.9. The molecule has 1 aromatic heterocycles. The Bertz CT molecular complexity index is 434. The summed E-state index contributed by atoms with van der Waals surface area (Å²) in [6.45, 7) is 3.96. The predicted octanol–water partition coefficient (Wildman–Crippen LogP) is 1.12. The largest absolute Gasteiger partial charge is 0.457 e. The van der Waals surface area contributed by atoms with Crippen molar-refractivity contribution in [3.8, 4) is 0 Å². The highest BCUT2D eigenvalue weighted by atomic mass is 16.6. The van der Waals surface area contributed by atoms with E-state index in [0.717, 1.165) is 0 Å². The minimum absolute atomic E-state index is 0.104. The molecule has 2 N–H and O–H groups in total. The number of nitrogens with zero attached hydrogens (tertiary/aromatic N) is 2. The minimum atomic E-state index is -0.459. The minimum Gasteiger partial charge on any atom is -0.457 e. The molecule has 0 bridgehead atoms. The van der Waals surface area contributed by atoms with Gasteiger partial charge in [0.2, 0.25) is 0 Å². The number of esters is 1. The number of hydrogen-bond acceptors (Lipinski definition) is 5. The summed E-state index contributed by atoms with van der Waals surface area (Å²) in [6, 6.07) is 0. The molecule has 6 heteroatoms. The van der Waals surface area contributed by atoms with Gasteiger partial charge in [-0.15, -0.1) is 0 Å². The van der Waals surface area contributed by atoms with Crippen molar-refractivity contribution >= 4 is 11.7 Å². The number of nitrogens with two attached hydrogens (primary N) is 1. The van der Waals surface area contributed by atoms with Crippen LogP contribution in [0.15, 0.2) is 6.20 Å². The smallest absolute Gasteiger partial charge is 0.361 e. The van der Waals surface area contributed by atoms with Crippen LogP contribution in [0.1, 0.15) is 37.2 Å². The summed E-state index contributed by atoms with van der Waals surface area (Å²) in [7, 11) is 1.71. The van der Waals surface area contributed by atoms with Crippen LogP contribution < -0.4 is 5.73 Å². The lowest BCUT2D eigenvalue weighted by Crippen LogP contribution is -2.35. The van der Waals surface area contributed by atoms with Gasteiger partial charge in [-0.05, 0) is 13.8 Å². The molecule has 1 aliphatic rings. The maximum Gasteiger partial charge on any atom is 0.361 e. The van der Waals surface area contributed by atoms with Crippen LogP contribution in [0.4, 0.5) is 5.69 Å². The van der Waals surface area contributed by atoms with Crippen molar-refractivity contribution in [3.05, 3.63) is 11.9 Å². The molecule has 1 saturated heterocycles. The van der Waals surface area contributed by atoms with Gasteiger partial charge < -0.3 is 15.2 Å². The average Bonchev–Trinajstić information content (AvgIpc) is 2.56. The van der Waals surface area contributed by atoms with Crippen molar-refractivity contribution in [2.75, 3.05) is 5.73 Å². The second-order valence-corrected chi connectivity index (χ2v) is 4.86. The highest BCUT2D eigenvalue weighted by molar-refractivity contribution is 5.92. The molecular formula is C12H19N3O3. The number of carbonyl (C=O) groups is 1. The number of anilines is 1. The van der Waals surface area contributed by atoms with Gasteiger partial charge in [0.1, 0.15) is 6.10 Å². The molecule has 100 valence electrons. The fourth-order valence-corrected chi connectivity index (χ4v) is 2.31. The molecule has 0 radical (unpaired) electrons. The van der Waals surface area contributed by atoms with Crippen LogP contribution >= 0.6 is 0 Å². The fraction of sp³-hybridized carbons (Fsp3) is 0.667. The maximum absolute atomic E-state index is 11.9. The van der Waals surface area contributed by atoms with Crippen LogP contribution in [0.3, 0.4) is 0 Å². The van der Waals surface area contributed by atoms with Crippen LogP contribution in [0.5, 0.6) is 0 Å². The second kappa shape index (κ2) is 4.97. The highest BCUT2D eigenvalue weighted by Crippen LogP contribution is 2.23. The molecule has 2 heterocycles. The highest BCUT2D eigenvalue weighted by Gasteiger charge is 2.28. The Balaban J connectivity index is 2.01. The molecule has 1 fully saturated rings. The Labute approximate surface area is 106 Å². The van der Waals surface area contributed by atoms with E-state index < -0.39 is 5.97 Å². The fourth-order valence-electron chi connectivity index (χ4n) is 2.31. The number of aryl methyl sites for hydroxylation is 1. The third kappa shape index (κ3) is 2.81. The maximum atomic E-state index is 11.9. The van der Waals surface area contributed by atoms with Crippen molar-refractivity contribution in [3.63, 3.8) is 0 Å². The Morgan fingerprint density at radius 3 is 2.61 bits per heavy atom. The normalized spacial score (nSPS) is 28.1. The molecule has 0 aromatic carbocycles. The van der Waals surface area contributed by atoms with Crippen molar-refractivity contribution in [2.45, 2.75) is 45.0 Å². The van der Waals surface area contributed by atoms with Gasteiger partial charge in [-0.2, -0.15) is 5.10 Å². The van der Waals surface area contributed by atoms with E-state index in [-0.39, 0.29) is 24.0 Å². The van der Waals surface area contributed by atoms with E-state index in [9.17, 15) is 4.79 Å². The van der Waals surface area contributed by atoms with Gasteiger partial charge in [0.05, 0.1) is 17.9 Å². The number of nitrogen functional groups attached to an aromatic ring is 1. The molecule has 0 amide bonds. The lowest BCUT2D eigenvalue weighted by molar-refractivity contribution is -0.0856. The molecule has 1 aliphatic heterocycles. The summed E-state index contributed by atoms with van der Waals surface area (Å²) in [5.74, 6) is -0.459. The summed E-state index contributed by atoms with van der Waals surface area (Å²) >= 11 is 0. The first-order valence-corrected chi connectivity index (χ1v) is 6.11. The number of ether oxygens (including phenoxy) is 2. The summed E-state index contributed by atoms with van der Waals surface area (Å²) in [5, 5.41) is 4.00. The Hall–Kier alpha value is -1.56. The lowest BCUT2D eigenvalue weighted by atomic mass is 10.0. The average molecular weight is 253 g/mol. The van der Waals surface area contributed by atoms with Crippen molar-refractivity contribution in [1.29, 1.82) is 0 Å². The third-order valence-electron chi connectivity index (χ3n) is 2.98. The van der Waals surface area contributed by atoms with Gasteiger partial charge in [0.25, 0.3) is 0 Å². The molecule has 2 rings (SSSR count). The van der Waals surface area contributed by atoms with E-state index in [1.165, 1.54) is 4.68 Å². The summed E-state index contributed by atoms with van der Waals surface area (Å²) < 4.78 is 12.5. The third-order valence-corrected chi connectivity index (χ3v) is 2.98. The number of rotatable bonds is 2. The van der Waals surface area contributed by atoms with Gasteiger partial charge in [0, 0.05) is 26.1 Å². The van der Waals surface area contributed by atoms with Crippen molar-refractivity contribution in [2.24, 2.45) is 7.05 Å². The molecule has 0 aliphatic carbocycles. The predicted molar refractivity (Wildman–Crippen MR) is 66.1 cm³/mol. The van der Waals surface area contributed by atoms with Crippen LogP contribution in [0.25, 0.3) is 0 Å². The molecule has 6 nitrogen and oxygen atoms in total. The number of hydrogen-bond donors (Lipinski definition) is 1. The van der Waals surface area contributed by atoms with Crippen LogP contribution in [0.2, 0.25) is 0 Å². The van der Waals surface area contributed by atoms with E-state index in [1.54, 1.807) is 13.2 Å². The molecular weight excluding hydrogens is 234 g/mol. The molecule has 0 saturated carbocycles. The van der Waals surface area contributed by atoms with Crippen molar-refractivity contribution in [1.82, 2.24) is 9.78 Å². The van der Waals surface area contributed by atoms with Gasteiger partial charge in [0.15, 0.2) is 5.69 Å². The molecule has 1 aromatic rings. The standard InChI is InChI=1S/C12H19N3O3/c1-7-4-9(5-8(2)17-7)18-12(16)11-10(13)6-15(3)14-11/h6-9H,4-5,13H2,1-3H3. The quantitative estimate of drug-likeness (QED) is 0.799. The SMILES string of the molecule is CC1CC(OC(=O)c2nn(C)cc2N)CC(C)O1. The Morgan fingerprint density at radius 1 is 1.50 bits per heavy atom. The first kappa shape index (κ1) is 12.9. The molecule has 0 spiro atoms. The van der Waals surface area contributed by atoms with Crippen LogP contribution in [0, 0.1) is 0 Å². The molecule has 18 heavy (non-hydrogen) atoms. The van der Waals surface area contributed by atoms with Crippen LogP contribution in [-0.4, -0.2) is 34.1 Å². The Morgan fingerprint density at radius 2 is 2.11 bits per heavy atom. The topological polar surface area (TPSA) is 79.4 Å². The van der Waals surface area contributed by atoms with E-state index in [1.807, 2.05) is 13.8 Å². The van der Waals surface area contributed by atoms with Gasteiger partial charge in [-0.3, -0.25) is 4.68 Å². The van der Waals surface area contributed by atoms with Gasteiger partial charge in [-0.1, -0.05) is 0 Å². The zero-order valence-corrected chi connectivity index (χ0v) is 10.9. The van der Waals surface area contributed by atoms with E-state index in [0.29, 0.717) is 18.5 Å². The summed E-state index contributed by atoms with van der Waals surface area (Å²) in [6.07, 6.45) is 3.09. The summed E-state index contributed by atoms with van der Waals surface area (Å²) in [5.41, 5.74) is 6.22. The van der Waals surface area contributed by atoms with E-state index >= 15 is 0 Å². The Kier molecular flexibility index (Phi) is 3.56. The zero-order chi connectivity index (χ0) is 13.3. The van der Waals surface area contributed by atoms with E-state index in [4.69, 9.17) is 15.2 Å². The number of carbonyl (C=O) groups excluding carboxylic acids is 1. The first-order chi connectivity index (χ1) is 8.45. The number of aromatic nitrogens is 2. The second-order valence-electron chi connectivity index (χ2n) is 4.86. The monoisotopic (exact) mass is 253 g/mol. The first-order valence-electron chi connectivity index (χ1n) is 6.11. The van der Waals surface area contributed by atoms with E-state index in [2.05, 4.69) is 5.10 Å². The summed E-state index contributed by atoms with van der Waals surface area (Å²) in [4.78, 5) is 11.9. The molecule has 2 atom stereocenters. The van der Waals surface area contributed by atoms with Crippen LogP contribution in [-0.2, 0) is 16.5 Å². The lowest BCUT2D eigenvalue weighted by Gasteiger charge is -2.31.